The third-order valence-corrected chi connectivity index (χ3v) is 4.77. The van der Waals surface area contributed by atoms with E-state index in [1.54, 1.807) is 18.2 Å². The molecule has 5 N–H and O–H groups in total. The number of carbonyl (C=O) groups is 1. The van der Waals surface area contributed by atoms with Crippen LogP contribution < -0.4 is 16.4 Å². The van der Waals surface area contributed by atoms with E-state index < -0.39 is 5.91 Å². The van der Waals surface area contributed by atoms with Gasteiger partial charge in [0.05, 0.1) is 30.7 Å². The highest BCUT2D eigenvalue weighted by atomic mass is 16.5. The molecule has 1 amide bonds. The van der Waals surface area contributed by atoms with Crippen LogP contribution in [0.15, 0.2) is 24.4 Å². The van der Waals surface area contributed by atoms with Crippen LogP contribution in [0.1, 0.15) is 15.9 Å². The number of fused-ring (bicyclic) bond motifs is 1. The first-order valence-electron chi connectivity index (χ1n) is 9.24. The van der Waals surface area contributed by atoms with Crippen LogP contribution in [-0.4, -0.2) is 63.9 Å². The summed E-state index contributed by atoms with van der Waals surface area (Å²) in [5, 5.41) is 9.31. The standard InChI is InChI=1S/C19H21N7O3/c20-16(28)14-11(4-7-27)2-1-3-12(14)13-10-22-17-15(23-13)18(25-19(21)24-17)26-5-8-29-9-6-26/h1-3,10,27H,4-9H2,(H2,20,28)(H2,21,22,24,25). The molecule has 0 atom stereocenters. The van der Waals surface area contributed by atoms with E-state index in [1.165, 1.54) is 6.20 Å². The number of benzene rings is 1. The number of nitrogen functional groups attached to an aromatic ring is 1. The van der Waals surface area contributed by atoms with Gasteiger partial charge in [0.15, 0.2) is 17.0 Å². The van der Waals surface area contributed by atoms with Gasteiger partial charge in [-0.15, -0.1) is 0 Å². The van der Waals surface area contributed by atoms with Gasteiger partial charge in [-0.25, -0.2) is 9.97 Å². The van der Waals surface area contributed by atoms with Gasteiger partial charge in [-0.1, -0.05) is 18.2 Å². The molecule has 1 saturated heterocycles. The van der Waals surface area contributed by atoms with Crippen LogP contribution in [0, 0.1) is 0 Å². The average Bonchev–Trinajstić information content (AvgIpc) is 2.73. The Bertz CT molecular complexity index is 1070. The fourth-order valence-electron chi connectivity index (χ4n) is 3.47. The number of rotatable bonds is 5. The van der Waals surface area contributed by atoms with Crippen molar-refractivity contribution in [2.75, 3.05) is 43.5 Å². The number of hydrogen-bond donors (Lipinski definition) is 3. The molecule has 2 aromatic heterocycles. The maximum atomic E-state index is 12.1. The number of nitrogens with two attached hydrogens (primary N) is 2. The van der Waals surface area contributed by atoms with E-state index in [0.29, 0.717) is 72.1 Å². The molecule has 1 aliphatic rings. The second kappa shape index (κ2) is 7.94. The SMILES string of the molecule is NC(=O)c1c(CCO)cccc1-c1cnc2nc(N)nc(N3CCOCC3)c2n1. The second-order valence-electron chi connectivity index (χ2n) is 6.61. The molecule has 1 aliphatic heterocycles. The molecular weight excluding hydrogens is 374 g/mol. The van der Waals surface area contributed by atoms with Crippen LogP contribution >= 0.6 is 0 Å². The molecule has 0 spiro atoms. The molecule has 1 fully saturated rings. The Morgan fingerprint density at radius 2 is 2.00 bits per heavy atom. The van der Waals surface area contributed by atoms with Crippen LogP contribution in [0.3, 0.4) is 0 Å². The van der Waals surface area contributed by atoms with E-state index in [2.05, 4.69) is 15.0 Å². The van der Waals surface area contributed by atoms with Gasteiger partial charge in [0, 0.05) is 25.3 Å². The molecule has 1 aromatic carbocycles. The monoisotopic (exact) mass is 395 g/mol. The zero-order valence-corrected chi connectivity index (χ0v) is 15.7. The fraction of sp³-hybridized carbons (Fsp3) is 0.316. The molecule has 10 heteroatoms. The van der Waals surface area contributed by atoms with E-state index in [0.717, 1.165) is 0 Å². The summed E-state index contributed by atoms with van der Waals surface area (Å²) in [7, 11) is 0. The molecule has 4 rings (SSSR count). The van der Waals surface area contributed by atoms with Gasteiger partial charge < -0.3 is 26.2 Å². The summed E-state index contributed by atoms with van der Waals surface area (Å²) in [5.74, 6) is 0.106. The van der Waals surface area contributed by atoms with Crippen molar-refractivity contribution in [3.63, 3.8) is 0 Å². The summed E-state index contributed by atoms with van der Waals surface area (Å²) in [6, 6.07) is 5.31. The minimum Gasteiger partial charge on any atom is -0.396 e. The van der Waals surface area contributed by atoms with E-state index >= 15 is 0 Å². The fourth-order valence-corrected chi connectivity index (χ4v) is 3.47. The second-order valence-corrected chi connectivity index (χ2v) is 6.61. The minimum atomic E-state index is -0.590. The Morgan fingerprint density at radius 1 is 1.21 bits per heavy atom. The average molecular weight is 395 g/mol. The Balaban J connectivity index is 1.89. The van der Waals surface area contributed by atoms with Crippen LogP contribution in [0.4, 0.5) is 11.8 Å². The van der Waals surface area contributed by atoms with Crippen molar-refractivity contribution in [2.24, 2.45) is 5.73 Å². The number of aliphatic hydroxyl groups is 1. The number of anilines is 2. The predicted molar refractivity (Wildman–Crippen MR) is 107 cm³/mol. The maximum absolute atomic E-state index is 12.1. The molecule has 0 unspecified atom stereocenters. The van der Waals surface area contributed by atoms with Crippen molar-refractivity contribution >= 4 is 28.8 Å². The molecular formula is C19H21N7O3. The van der Waals surface area contributed by atoms with Crippen LogP contribution in [0.2, 0.25) is 0 Å². The van der Waals surface area contributed by atoms with Crippen molar-refractivity contribution in [3.05, 3.63) is 35.5 Å². The molecule has 3 heterocycles. The number of aromatic nitrogens is 4. The minimum absolute atomic E-state index is 0.0958. The number of carbonyl (C=O) groups excluding carboxylic acids is 1. The summed E-state index contributed by atoms with van der Waals surface area (Å²) in [4.78, 5) is 31.8. The number of hydrogen-bond acceptors (Lipinski definition) is 9. The lowest BCUT2D eigenvalue weighted by Crippen LogP contribution is -2.37. The third-order valence-electron chi connectivity index (χ3n) is 4.77. The van der Waals surface area contributed by atoms with Crippen molar-refractivity contribution < 1.29 is 14.6 Å². The first-order valence-corrected chi connectivity index (χ1v) is 9.24. The Morgan fingerprint density at radius 3 is 2.72 bits per heavy atom. The maximum Gasteiger partial charge on any atom is 0.249 e. The summed E-state index contributed by atoms with van der Waals surface area (Å²) in [6.07, 6.45) is 1.84. The van der Waals surface area contributed by atoms with Crippen LogP contribution in [-0.2, 0) is 11.2 Å². The normalized spacial score (nSPS) is 14.3. The number of nitrogens with zero attached hydrogens (tertiary/aromatic N) is 5. The van der Waals surface area contributed by atoms with E-state index in [1.807, 2.05) is 4.90 Å². The number of primary amides is 1. The van der Waals surface area contributed by atoms with E-state index in [-0.39, 0.29) is 12.6 Å². The van der Waals surface area contributed by atoms with Crippen molar-refractivity contribution in [1.82, 2.24) is 19.9 Å². The molecule has 0 saturated carbocycles. The summed E-state index contributed by atoms with van der Waals surface area (Å²) < 4.78 is 5.41. The zero-order chi connectivity index (χ0) is 20.4. The number of amides is 1. The molecule has 0 bridgehead atoms. The molecule has 3 aromatic rings. The first kappa shape index (κ1) is 19.0. The Kier molecular flexibility index (Phi) is 5.19. The number of morpholine rings is 1. The highest BCUT2D eigenvalue weighted by Gasteiger charge is 2.21. The predicted octanol–water partition coefficient (Wildman–Crippen LogP) is 0.139. The van der Waals surface area contributed by atoms with Crippen LogP contribution in [0.25, 0.3) is 22.4 Å². The molecule has 10 nitrogen and oxygen atoms in total. The smallest absolute Gasteiger partial charge is 0.249 e. The third kappa shape index (κ3) is 3.67. The van der Waals surface area contributed by atoms with Gasteiger partial charge in [-0.05, 0) is 12.0 Å². The van der Waals surface area contributed by atoms with E-state index in [9.17, 15) is 9.90 Å². The lowest BCUT2D eigenvalue weighted by Gasteiger charge is -2.28. The van der Waals surface area contributed by atoms with Gasteiger partial charge in [0.25, 0.3) is 0 Å². The van der Waals surface area contributed by atoms with Gasteiger partial charge in [-0.2, -0.15) is 9.97 Å². The highest BCUT2D eigenvalue weighted by molar-refractivity contribution is 6.01. The summed E-state index contributed by atoms with van der Waals surface area (Å²) in [6.45, 7) is 2.36. The van der Waals surface area contributed by atoms with Gasteiger partial charge in [0.2, 0.25) is 11.9 Å². The summed E-state index contributed by atoms with van der Waals surface area (Å²) >= 11 is 0. The molecule has 0 radical (unpaired) electrons. The van der Waals surface area contributed by atoms with Crippen molar-refractivity contribution in [3.8, 4) is 11.3 Å². The zero-order valence-electron chi connectivity index (χ0n) is 15.7. The number of ether oxygens (including phenoxy) is 1. The van der Waals surface area contributed by atoms with Gasteiger partial charge >= 0.3 is 0 Å². The molecule has 150 valence electrons. The largest absolute Gasteiger partial charge is 0.396 e. The van der Waals surface area contributed by atoms with Crippen molar-refractivity contribution in [2.45, 2.75) is 6.42 Å². The molecule has 29 heavy (non-hydrogen) atoms. The van der Waals surface area contributed by atoms with Gasteiger partial charge in [-0.3, -0.25) is 4.79 Å². The number of aliphatic hydroxyl groups excluding tert-OH is 1. The van der Waals surface area contributed by atoms with Gasteiger partial charge in [0.1, 0.15) is 0 Å². The Hall–Kier alpha value is -3.37. The molecule has 0 aliphatic carbocycles. The lowest BCUT2D eigenvalue weighted by molar-refractivity contribution is 0.1000. The quantitative estimate of drug-likeness (QED) is 0.547. The lowest BCUT2D eigenvalue weighted by atomic mass is 9.96. The first-order chi connectivity index (χ1) is 14.1. The van der Waals surface area contributed by atoms with Crippen molar-refractivity contribution in [1.29, 1.82) is 0 Å². The summed E-state index contributed by atoms with van der Waals surface area (Å²) in [5.41, 5.74) is 14.3. The van der Waals surface area contributed by atoms with E-state index in [4.69, 9.17) is 21.2 Å². The Labute approximate surface area is 166 Å². The highest BCUT2D eigenvalue weighted by Crippen LogP contribution is 2.29. The topological polar surface area (TPSA) is 153 Å². The van der Waals surface area contributed by atoms with Crippen LogP contribution in [0.5, 0.6) is 0 Å².